The number of aromatic nitrogens is 3. The van der Waals surface area contributed by atoms with E-state index < -0.39 is 0 Å². The molecule has 0 aliphatic heterocycles. The Hall–Kier alpha value is -1.40. The highest BCUT2D eigenvalue weighted by atomic mass is 32.2. The summed E-state index contributed by atoms with van der Waals surface area (Å²) in [6.07, 6.45) is 7.33. The number of pyridine rings is 1. The van der Waals surface area contributed by atoms with Gasteiger partial charge in [0.1, 0.15) is 0 Å². The van der Waals surface area contributed by atoms with Crippen molar-refractivity contribution in [2.75, 3.05) is 12.0 Å². The second-order valence-electron chi connectivity index (χ2n) is 4.23. The number of aryl methyl sites for hydroxylation is 1. The molecule has 0 aliphatic carbocycles. The average molecular weight is 278 g/mol. The first kappa shape index (κ1) is 14.0. The number of nitrogens with zero attached hydrogens (tertiary/aromatic N) is 3. The lowest BCUT2D eigenvalue weighted by Gasteiger charge is -2.04. The van der Waals surface area contributed by atoms with Crippen molar-refractivity contribution in [1.82, 2.24) is 15.1 Å². The molecule has 0 aliphatic rings. The van der Waals surface area contributed by atoms with E-state index in [0.717, 1.165) is 29.7 Å². The van der Waals surface area contributed by atoms with Gasteiger partial charge in [0.2, 0.25) is 11.7 Å². The molecule has 0 saturated heterocycles. The minimum Gasteiger partial charge on any atom is -0.337 e. The molecule has 102 valence electrons. The highest BCUT2D eigenvalue weighted by Gasteiger charge is 2.16. The van der Waals surface area contributed by atoms with Crippen LogP contribution in [0.15, 0.2) is 23.0 Å². The molecular weight excluding hydrogens is 260 g/mol. The largest absolute Gasteiger partial charge is 0.337 e. The molecule has 2 aromatic rings. The summed E-state index contributed by atoms with van der Waals surface area (Å²) in [5.41, 5.74) is 8.09. The van der Waals surface area contributed by atoms with Gasteiger partial charge in [0.15, 0.2) is 0 Å². The van der Waals surface area contributed by atoms with Crippen LogP contribution in [-0.4, -0.2) is 27.1 Å². The van der Waals surface area contributed by atoms with Crippen molar-refractivity contribution < 1.29 is 4.52 Å². The third-order valence-electron chi connectivity index (χ3n) is 2.92. The lowest BCUT2D eigenvalue weighted by atomic mass is 10.1. The quantitative estimate of drug-likeness (QED) is 0.874. The Morgan fingerprint density at radius 2 is 2.32 bits per heavy atom. The standard InChI is InChI=1S/C13H18N4OS/c1-3-9-8-15-6-4-10(9)12-16-13(18-17-12)11(14)5-7-19-2/h4,6,8,11H,3,5,7,14H2,1-2H3/t11-/m1/s1. The van der Waals surface area contributed by atoms with Gasteiger partial charge >= 0.3 is 0 Å². The zero-order chi connectivity index (χ0) is 13.7. The first-order valence-corrected chi connectivity index (χ1v) is 7.67. The fourth-order valence-electron chi connectivity index (χ4n) is 1.79. The van der Waals surface area contributed by atoms with Gasteiger partial charge in [-0.1, -0.05) is 12.1 Å². The van der Waals surface area contributed by atoms with Crippen LogP contribution in [0.2, 0.25) is 0 Å². The first-order valence-electron chi connectivity index (χ1n) is 6.27. The Morgan fingerprint density at radius 1 is 1.47 bits per heavy atom. The second-order valence-corrected chi connectivity index (χ2v) is 5.22. The van der Waals surface area contributed by atoms with Gasteiger partial charge in [0.05, 0.1) is 6.04 Å². The normalized spacial score (nSPS) is 12.6. The molecule has 0 amide bonds. The summed E-state index contributed by atoms with van der Waals surface area (Å²) in [5.74, 6) is 2.07. The lowest BCUT2D eigenvalue weighted by Crippen LogP contribution is -2.11. The van der Waals surface area contributed by atoms with Gasteiger partial charge in [0, 0.05) is 18.0 Å². The van der Waals surface area contributed by atoms with Crippen molar-refractivity contribution in [1.29, 1.82) is 0 Å². The minimum atomic E-state index is -0.194. The van der Waals surface area contributed by atoms with E-state index in [4.69, 9.17) is 10.3 Å². The van der Waals surface area contributed by atoms with Crippen LogP contribution >= 0.6 is 11.8 Å². The number of hydrogen-bond acceptors (Lipinski definition) is 6. The summed E-state index contributed by atoms with van der Waals surface area (Å²) < 4.78 is 5.26. The molecule has 2 heterocycles. The van der Waals surface area contributed by atoms with Crippen LogP contribution < -0.4 is 5.73 Å². The second kappa shape index (κ2) is 6.68. The molecular formula is C13H18N4OS. The zero-order valence-corrected chi connectivity index (χ0v) is 12.0. The lowest BCUT2D eigenvalue weighted by molar-refractivity contribution is 0.353. The monoisotopic (exact) mass is 278 g/mol. The summed E-state index contributed by atoms with van der Waals surface area (Å²) in [5, 5.41) is 4.02. The predicted molar refractivity (Wildman–Crippen MR) is 76.8 cm³/mol. The Morgan fingerprint density at radius 3 is 3.05 bits per heavy atom. The molecule has 2 aromatic heterocycles. The third kappa shape index (κ3) is 3.33. The summed E-state index contributed by atoms with van der Waals surface area (Å²) >= 11 is 1.76. The minimum absolute atomic E-state index is 0.194. The van der Waals surface area contributed by atoms with Crippen LogP contribution in [0.1, 0.15) is 30.8 Å². The number of hydrogen-bond donors (Lipinski definition) is 1. The van der Waals surface area contributed by atoms with Gasteiger partial charge in [-0.25, -0.2) is 0 Å². The molecule has 0 aromatic carbocycles. The molecule has 0 bridgehead atoms. The molecule has 2 rings (SSSR count). The van der Waals surface area contributed by atoms with Crippen molar-refractivity contribution in [3.8, 4) is 11.4 Å². The van der Waals surface area contributed by atoms with E-state index in [2.05, 4.69) is 28.3 Å². The smallest absolute Gasteiger partial charge is 0.243 e. The van der Waals surface area contributed by atoms with Crippen LogP contribution in [0.4, 0.5) is 0 Å². The highest BCUT2D eigenvalue weighted by molar-refractivity contribution is 7.98. The fourth-order valence-corrected chi connectivity index (χ4v) is 2.28. The summed E-state index contributed by atoms with van der Waals surface area (Å²) in [6.45, 7) is 2.08. The topological polar surface area (TPSA) is 77.8 Å². The summed E-state index contributed by atoms with van der Waals surface area (Å²) in [4.78, 5) is 8.51. The van der Waals surface area contributed by atoms with Gasteiger partial charge in [-0.15, -0.1) is 0 Å². The highest BCUT2D eigenvalue weighted by Crippen LogP contribution is 2.22. The third-order valence-corrected chi connectivity index (χ3v) is 3.56. The molecule has 19 heavy (non-hydrogen) atoms. The SMILES string of the molecule is CCc1cnccc1-c1noc([C@H](N)CCSC)n1. The van der Waals surface area contributed by atoms with Gasteiger partial charge < -0.3 is 10.3 Å². The molecule has 5 nitrogen and oxygen atoms in total. The van der Waals surface area contributed by atoms with Crippen LogP contribution in [0.25, 0.3) is 11.4 Å². The maximum Gasteiger partial charge on any atom is 0.243 e. The summed E-state index contributed by atoms with van der Waals surface area (Å²) in [7, 11) is 0. The van der Waals surface area contributed by atoms with E-state index in [0.29, 0.717) is 11.7 Å². The van der Waals surface area contributed by atoms with Gasteiger partial charge in [-0.2, -0.15) is 16.7 Å². The zero-order valence-electron chi connectivity index (χ0n) is 11.2. The molecule has 2 N–H and O–H groups in total. The Kier molecular flexibility index (Phi) is 4.93. The van der Waals surface area contributed by atoms with E-state index in [-0.39, 0.29) is 6.04 Å². The van der Waals surface area contributed by atoms with E-state index in [1.165, 1.54) is 0 Å². The van der Waals surface area contributed by atoms with Crippen molar-refractivity contribution in [3.63, 3.8) is 0 Å². The van der Waals surface area contributed by atoms with Gasteiger partial charge in [-0.3, -0.25) is 4.98 Å². The molecule has 0 spiro atoms. The van der Waals surface area contributed by atoms with Crippen LogP contribution in [-0.2, 0) is 6.42 Å². The first-order chi connectivity index (χ1) is 9.26. The molecule has 0 saturated carbocycles. The van der Waals surface area contributed by atoms with Gasteiger partial charge in [-0.05, 0) is 36.5 Å². The maximum atomic E-state index is 6.02. The van der Waals surface area contributed by atoms with Crippen molar-refractivity contribution in [2.24, 2.45) is 5.73 Å². The molecule has 0 radical (unpaired) electrons. The van der Waals surface area contributed by atoms with E-state index in [1.54, 1.807) is 18.0 Å². The Balaban J connectivity index is 2.20. The number of nitrogens with two attached hydrogens (primary N) is 1. The van der Waals surface area contributed by atoms with Crippen LogP contribution in [0.5, 0.6) is 0 Å². The summed E-state index contributed by atoms with van der Waals surface area (Å²) in [6, 6.07) is 1.71. The number of thioether (sulfide) groups is 1. The molecule has 1 atom stereocenters. The maximum absolute atomic E-state index is 6.02. The van der Waals surface area contributed by atoms with Gasteiger partial charge in [0.25, 0.3) is 0 Å². The fraction of sp³-hybridized carbons (Fsp3) is 0.462. The predicted octanol–water partition coefficient (Wildman–Crippen LogP) is 2.45. The molecule has 0 fully saturated rings. The molecule has 6 heteroatoms. The van der Waals surface area contributed by atoms with E-state index in [9.17, 15) is 0 Å². The van der Waals surface area contributed by atoms with Crippen LogP contribution in [0, 0.1) is 0 Å². The number of rotatable bonds is 6. The van der Waals surface area contributed by atoms with Crippen molar-refractivity contribution in [2.45, 2.75) is 25.8 Å². The molecule has 0 unspecified atom stereocenters. The average Bonchev–Trinajstić information content (AvgIpc) is 2.94. The Bertz CT molecular complexity index is 529. The Labute approximate surface area is 117 Å². The van der Waals surface area contributed by atoms with E-state index >= 15 is 0 Å². The van der Waals surface area contributed by atoms with E-state index in [1.807, 2.05) is 12.3 Å². The van der Waals surface area contributed by atoms with Crippen molar-refractivity contribution >= 4 is 11.8 Å². The van der Waals surface area contributed by atoms with Crippen LogP contribution in [0.3, 0.4) is 0 Å². The van der Waals surface area contributed by atoms with Crippen molar-refractivity contribution in [3.05, 3.63) is 29.9 Å².